The number of carbonyl (C=O) groups excluding carboxylic acids is 2. The summed E-state index contributed by atoms with van der Waals surface area (Å²) in [5.41, 5.74) is 4.35. The predicted octanol–water partition coefficient (Wildman–Crippen LogP) is 5.95. The highest BCUT2D eigenvalue weighted by molar-refractivity contribution is 7.80. The fourth-order valence-electron chi connectivity index (χ4n) is 3.45. The van der Waals surface area contributed by atoms with Gasteiger partial charge in [0.1, 0.15) is 12.4 Å². The summed E-state index contributed by atoms with van der Waals surface area (Å²) in [6.07, 6.45) is 0. The van der Waals surface area contributed by atoms with Crippen molar-refractivity contribution in [3.63, 3.8) is 0 Å². The Morgan fingerprint density at radius 2 is 1.39 bits per heavy atom. The zero-order chi connectivity index (χ0) is 25.3. The van der Waals surface area contributed by atoms with Gasteiger partial charge >= 0.3 is 0 Å². The molecule has 0 atom stereocenters. The smallest absolute Gasteiger partial charge is 0.257 e. The molecule has 7 heteroatoms. The maximum absolute atomic E-state index is 12.6. The van der Waals surface area contributed by atoms with E-state index >= 15 is 0 Å². The van der Waals surface area contributed by atoms with Crippen molar-refractivity contribution < 1.29 is 14.3 Å². The Hall–Kier alpha value is -4.49. The van der Waals surface area contributed by atoms with Gasteiger partial charge in [-0.3, -0.25) is 14.9 Å². The minimum Gasteiger partial charge on any atom is -0.489 e. The van der Waals surface area contributed by atoms with Crippen molar-refractivity contribution in [2.45, 2.75) is 13.5 Å². The third kappa shape index (κ3) is 6.77. The first-order chi connectivity index (χ1) is 17.5. The second kappa shape index (κ2) is 11.8. The molecule has 2 amide bonds. The maximum Gasteiger partial charge on any atom is 0.257 e. The van der Waals surface area contributed by atoms with Crippen molar-refractivity contribution in [3.8, 4) is 5.75 Å². The van der Waals surface area contributed by atoms with E-state index in [1.54, 1.807) is 48.5 Å². The Morgan fingerprint density at radius 1 is 0.750 bits per heavy atom. The molecule has 3 N–H and O–H groups in total. The summed E-state index contributed by atoms with van der Waals surface area (Å²) in [6.45, 7) is 2.34. The van der Waals surface area contributed by atoms with Gasteiger partial charge in [0, 0.05) is 22.5 Å². The summed E-state index contributed by atoms with van der Waals surface area (Å²) in [4.78, 5) is 25.0. The van der Waals surface area contributed by atoms with Gasteiger partial charge < -0.3 is 15.4 Å². The number of hydrogen-bond donors (Lipinski definition) is 3. The van der Waals surface area contributed by atoms with Crippen molar-refractivity contribution in [2.24, 2.45) is 0 Å². The molecular weight excluding hydrogens is 470 g/mol. The van der Waals surface area contributed by atoms with Gasteiger partial charge in [0.15, 0.2) is 5.11 Å². The minimum atomic E-state index is -0.328. The van der Waals surface area contributed by atoms with Gasteiger partial charge in [-0.25, -0.2) is 0 Å². The van der Waals surface area contributed by atoms with Crippen molar-refractivity contribution in [2.75, 3.05) is 10.6 Å². The van der Waals surface area contributed by atoms with Crippen LogP contribution in [0.2, 0.25) is 0 Å². The second-order valence-corrected chi connectivity index (χ2v) is 8.46. The summed E-state index contributed by atoms with van der Waals surface area (Å²) in [7, 11) is 0. The van der Waals surface area contributed by atoms with Crippen LogP contribution in [0.1, 0.15) is 31.8 Å². The van der Waals surface area contributed by atoms with Gasteiger partial charge in [-0.2, -0.15) is 0 Å². The number of anilines is 2. The van der Waals surface area contributed by atoms with Gasteiger partial charge in [0.2, 0.25) is 0 Å². The summed E-state index contributed by atoms with van der Waals surface area (Å²) in [5, 5.41) is 8.76. The van der Waals surface area contributed by atoms with E-state index in [2.05, 4.69) is 16.0 Å². The number of thiocarbonyl (C=S) groups is 1. The van der Waals surface area contributed by atoms with E-state index in [0.717, 1.165) is 11.1 Å². The molecule has 4 rings (SSSR count). The predicted molar refractivity (Wildman–Crippen MR) is 146 cm³/mol. The molecule has 6 nitrogen and oxygen atoms in total. The molecule has 4 aromatic carbocycles. The molecule has 0 aromatic heterocycles. The Bertz CT molecular complexity index is 1360. The highest BCUT2D eigenvalue weighted by Crippen LogP contribution is 2.21. The van der Waals surface area contributed by atoms with Crippen LogP contribution in [0.15, 0.2) is 103 Å². The van der Waals surface area contributed by atoms with E-state index in [0.29, 0.717) is 34.9 Å². The van der Waals surface area contributed by atoms with Crippen LogP contribution in [0.25, 0.3) is 0 Å². The molecule has 0 heterocycles. The van der Waals surface area contributed by atoms with Crippen LogP contribution in [0.4, 0.5) is 11.4 Å². The van der Waals surface area contributed by atoms with Crippen molar-refractivity contribution in [3.05, 3.63) is 125 Å². The molecule has 0 fully saturated rings. The highest BCUT2D eigenvalue weighted by atomic mass is 32.1. The van der Waals surface area contributed by atoms with E-state index in [1.807, 2.05) is 61.5 Å². The molecule has 4 aromatic rings. The Kier molecular flexibility index (Phi) is 8.05. The zero-order valence-corrected chi connectivity index (χ0v) is 20.5. The highest BCUT2D eigenvalue weighted by Gasteiger charge is 2.11. The largest absolute Gasteiger partial charge is 0.489 e. The third-order valence-electron chi connectivity index (χ3n) is 5.36. The fourth-order valence-corrected chi connectivity index (χ4v) is 3.66. The summed E-state index contributed by atoms with van der Waals surface area (Å²) in [6, 6.07) is 31.2. The third-order valence-corrected chi connectivity index (χ3v) is 5.56. The molecule has 0 aliphatic carbocycles. The van der Waals surface area contributed by atoms with Gasteiger partial charge in [-0.1, -0.05) is 48.5 Å². The molecule has 180 valence electrons. The maximum atomic E-state index is 12.6. The van der Waals surface area contributed by atoms with Gasteiger partial charge in [0.25, 0.3) is 11.8 Å². The minimum absolute atomic E-state index is 0.171. The van der Waals surface area contributed by atoms with E-state index in [-0.39, 0.29) is 16.9 Å². The normalized spacial score (nSPS) is 10.2. The van der Waals surface area contributed by atoms with Crippen molar-refractivity contribution in [1.29, 1.82) is 0 Å². The lowest BCUT2D eigenvalue weighted by Gasteiger charge is -2.13. The first-order valence-corrected chi connectivity index (χ1v) is 11.7. The Balaban J connectivity index is 1.29. The van der Waals surface area contributed by atoms with Crippen LogP contribution < -0.4 is 20.7 Å². The van der Waals surface area contributed by atoms with Crippen molar-refractivity contribution >= 4 is 40.5 Å². The molecule has 0 spiro atoms. The molecule has 0 aliphatic heterocycles. The van der Waals surface area contributed by atoms with Crippen LogP contribution in [0.5, 0.6) is 5.75 Å². The first-order valence-electron chi connectivity index (χ1n) is 11.3. The molecule has 0 bridgehead atoms. The second-order valence-electron chi connectivity index (χ2n) is 8.06. The van der Waals surface area contributed by atoms with Gasteiger partial charge in [-0.15, -0.1) is 0 Å². The number of amides is 2. The van der Waals surface area contributed by atoms with E-state index in [1.165, 1.54) is 0 Å². The summed E-state index contributed by atoms with van der Waals surface area (Å²) < 4.78 is 5.76. The molecular formula is C29H25N3O3S. The van der Waals surface area contributed by atoms with E-state index < -0.39 is 0 Å². The molecule has 0 unspecified atom stereocenters. The molecule has 0 saturated carbocycles. The molecule has 0 radical (unpaired) electrons. The number of rotatable bonds is 7. The number of carbonyl (C=O) groups is 2. The number of benzene rings is 4. The first kappa shape index (κ1) is 24.6. The molecule has 0 aliphatic rings. The number of hydrogen-bond acceptors (Lipinski definition) is 4. The van der Waals surface area contributed by atoms with E-state index in [9.17, 15) is 9.59 Å². The lowest BCUT2D eigenvalue weighted by atomic mass is 10.1. The SMILES string of the molecule is Cc1cc(NC(=S)NC(=O)c2ccc(OCc3ccccc3)cc2)ccc1NC(=O)c1ccccc1. The number of nitrogens with one attached hydrogen (secondary N) is 3. The van der Waals surface area contributed by atoms with Crippen LogP contribution in [0, 0.1) is 6.92 Å². The van der Waals surface area contributed by atoms with Crippen molar-refractivity contribution in [1.82, 2.24) is 5.32 Å². The fraction of sp³-hybridized carbons (Fsp3) is 0.0690. The molecule has 36 heavy (non-hydrogen) atoms. The Labute approximate surface area is 215 Å². The number of aryl methyl sites for hydroxylation is 1. The zero-order valence-electron chi connectivity index (χ0n) is 19.7. The topological polar surface area (TPSA) is 79.5 Å². The quantitative estimate of drug-likeness (QED) is 0.276. The average molecular weight is 496 g/mol. The van der Waals surface area contributed by atoms with Crippen LogP contribution in [-0.4, -0.2) is 16.9 Å². The summed E-state index contributed by atoms with van der Waals surface area (Å²) >= 11 is 5.31. The Morgan fingerprint density at radius 3 is 2.06 bits per heavy atom. The van der Waals surface area contributed by atoms with Crippen LogP contribution >= 0.6 is 12.2 Å². The molecule has 0 saturated heterocycles. The van der Waals surface area contributed by atoms with Crippen LogP contribution in [0.3, 0.4) is 0 Å². The lowest BCUT2D eigenvalue weighted by molar-refractivity contribution is 0.0976. The van der Waals surface area contributed by atoms with E-state index in [4.69, 9.17) is 17.0 Å². The monoisotopic (exact) mass is 495 g/mol. The average Bonchev–Trinajstić information content (AvgIpc) is 2.90. The lowest BCUT2D eigenvalue weighted by Crippen LogP contribution is -2.34. The van der Waals surface area contributed by atoms with Gasteiger partial charge in [-0.05, 0) is 84.9 Å². The standard InChI is InChI=1S/C29H25N3O3S/c1-20-18-24(14-17-26(20)31-27(33)22-10-6-3-7-11-22)30-29(36)32-28(34)23-12-15-25(16-13-23)35-19-21-8-4-2-5-9-21/h2-18H,19H2,1H3,(H,31,33)(H2,30,32,34,36). The number of ether oxygens (including phenoxy) is 1. The summed E-state index contributed by atoms with van der Waals surface area (Å²) in [5.74, 6) is 0.162. The van der Waals surface area contributed by atoms with Crippen LogP contribution in [-0.2, 0) is 6.61 Å². The van der Waals surface area contributed by atoms with Gasteiger partial charge in [0.05, 0.1) is 0 Å².